The molecule has 0 aromatic rings. The molecule has 0 aromatic carbocycles. The lowest BCUT2D eigenvalue weighted by atomic mass is 9.98. The molecule has 0 bridgehead atoms. The number of carbonyl (C=O) groups excluding carboxylic acids is 1. The summed E-state index contributed by atoms with van der Waals surface area (Å²) in [6, 6.07) is 0.400. The van der Waals surface area contributed by atoms with E-state index < -0.39 is 0 Å². The molecule has 3 nitrogen and oxygen atoms in total. The van der Waals surface area contributed by atoms with Gasteiger partial charge in [0.2, 0.25) is 5.91 Å². The number of nitrogens with one attached hydrogen (secondary N) is 1. The second kappa shape index (κ2) is 4.61. The van der Waals surface area contributed by atoms with Crippen molar-refractivity contribution in [1.29, 1.82) is 0 Å². The second-order valence-electron chi connectivity index (χ2n) is 4.13. The van der Waals surface area contributed by atoms with E-state index in [9.17, 15) is 4.79 Å². The molecule has 1 amide bonds. The van der Waals surface area contributed by atoms with Gasteiger partial charge in [-0.15, -0.1) is 0 Å². The number of nitrogens with zero attached hydrogens (tertiary/aromatic N) is 1. The summed E-state index contributed by atoms with van der Waals surface area (Å²) in [4.78, 5) is 13.5. The second-order valence-corrected chi connectivity index (χ2v) is 4.13. The summed E-state index contributed by atoms with van der Waals surface area (Å²) >= 11 is 0. The minimum absolute atomic E-state index is 0.320. The fourth-order valence-electron chi connectivity index (χ4n) is 1.65. The van der Waals surface area contributed by atoms with Gasteiger partial charge in [0, 0.05) is 25.6 Å². The predicted molar refractivity (Wildman–Crippen MR) is 53.5 cm³/mol. The zero-order valence-electron chi connectivity index (χ0n) is 8.84. The predicted octanol–water partition coefficient (Wildman–Crippen LogP) is 0.853. The summed E-state index contributed by atoms with van der Waals surface area (Å²) in [6.45, 7) is 6.04. The average molecular weight is 184 g/mol. The Kier molecular flexibility index (Phi) is 3.72. The van der Waals surface area contributed by atoms with E-state index >= 15 is 0 Å². The summed E-state index contributed by atoms with van der Waals surface area (Å²) in [5, 5.41) is 3.15. The summed E-state index contributed by atoms with van der Waals surface area (Å²) < 4.78 is 0. The molecule has 0 spiro atoms. The van der Waals surface area contributed by atoms with Crippen molar-refractivity contribution in [1.82, 2.24) is 10.2 Å². The van der Waals surface area contributed by atoms with Gasteiger partial charge in [0.15, 0.2) is 0 Å². The third kappa shape index (κ3) is 2.99. The normalized spacial score (nSPS) is 26.2. The van der Waals surface area contributed by atoms with Gasteiger partial charge in [-0.2, -0.15) is 0 Å². The van der Waals surface area contributed by atoms with Crippen LogP contribution in [0.4, 0.5) is 0 Å². The first kappa shape index (κ1) is 10.5. The SMILES string of the molecule is CNC(C)CN1CCC(C)CC1=O. The molecule has 1 rings (SSSR count). The van der Waals surface area contributed by atoms with Gasteiger partial charge < -0.3 is 10.2 Å². The molecule has 0 aliphatic carbocycles. The lowest BCUT2D eigenvalue weighted by Crippen LogP contribution is -2.44. The number of carbonyl (C=O) groups is 1. The third-order valence-electron chi connectivity index (χ3n) is 2.75. The van der Waals surface area contributed by atoms with Crippen LogP contribution in [0.5, 0.6) is 0 Å². The molecule has 3 heteroatoms. The zero-order valence-corrected chi connectivity index (χ0v) is 8.84. The Morgan fingerprint density at radius 2 is 2.38 bits per heavy atom. The van der Waals surface area contributed by atoms with E-state index in [4.69, 9.17) is 0 Å². The minimum Gasteiger partial charge on any atom is -0.341 e. The van der Waals surface area contributed by atoms with Gasteiger partial charge in [0.05, 0.1) is 0 Å². The molecule has 0 radical (unpaired) electrons. The van der Waals surface area contributed by atoms with E-state index in [1.165, 1.54) is 0 Å². The van der Waals surface area contributed by atoms with Crippen LogP contribution < -0.4 is 5.32 Å². The first-order valence-electron chi connectivity index (χ1n) is 5.08. The molecule has 2 unspecified atom stereocenters. The molecule has 1 N–H and O–H groups in total. The molecule has 76 valence electrons. The van der Waals surface area contributed by atoms with Crippen LogP contribution in [-0.4, -0.2) is 37.0 Å². The van der Waals surface area contributed by atoms with Crippen molar-refractivity contribution in [2.24, 2.45) is 5.92 Å². The van der Waals surface area contributed by atoms with Gasteiger partial charge in [-0.25, -0.2) is 0 Å². The number of piperidine rings is 1. The molecule has 1 fully saturated rings. The minimum atomic E-state index is 0.320. The Hall–Kier alpha value is -0.570. The maximum absolute atomic E-state index is 11.6. The molecule has 13 heavy (non-hydrogen) atoms. The van der Waals surface area contributed by atoms with Crippen LogP contribution >= 0.6 is 0 Å². The van der Waals surface area contributed by atoms with Crippen molar-refractivity contribution in [2.75, 3.05) is 20.1 Å². The standard InChI is InChI=1S/C10H20N2O/c1-8-4-5-12(10(13)6-8)7-9(2)11-3/h8-9,11H,4-7H2,1-3H3. The fourth-order valence-corrected chi connectivity index (χ4v) is 1.65. The van der Waals surface area contributed by atoms with Crippen LogP contribution in [0.3, 0.4) is 0 Å². The van der Waals surface area contributed by atoms with Crippen LogP contribution in [0.1, 0.15) is 26.7 Å². The molecule has 2 atom stereocenters. The summed E-state index contributed by atoms with van der Waals surface area (Å²) in [7, 11) is 1.93. The molecule has 1 aliphatic heterocycles. The van der Waals surface area contributed by atoms with Crippen LogP contribution in [0.25, 0.3) is 0 Å². The summed E-state index contributed by atoms with van der Waals surface area (Å²) in [5.41, 5.74) is 0. The Bertz CT molecular complexity index is 182. The van der Waals surface area contributed by atoms with E-state index in [2.05, 4.69) is 19.2 Å². The summed E-state index contributed by atoms with van der Waals surface area (Å²) in [6.07, 6.45) is 1.89. The lowest BCUT2D eigenvalue weighted by Gasteiger charge is -2.32. The van der Waals surface area contributed by atoms with Crippen LogP contribution in [-0.2, 0) is 4.79 Å². The van der Waals surface area contributed by atoms with Crippen molar-refractivity contribution in [3.05, 3.63) is 0 Å². The quantitative estimate of drug-likeness (QED) is 0.705. The van der Waals surface area contributed by atoms with Crippen LogP contribution in [0.2, 0.25) is 0 Å². The van der Waals surface area contributed by atoms with E-state index in [1.807, 2.05) is 11.9 Å². The third-order valence-corrected chi connectivity index (χ3v) is 2.75. The molecular weight excluding hydrogens is 164 g/mol. The smallest absolute Gasteiger partial charge is 0.222 e. The first-order valence-corrected chi connectivity index (χ1v) is 5.08. The van der Waals surface area contributed by atoms with Crippen LogP contribution in [0.15, 0.2) is 0 Å². The number of likely N-dealkylation sites (N-methyl/N-ethyl adjacent to an activating group) is 1. The number of likely N-dealkylation sites (tertiary alicyclic amines) is 1. The van der Waals surface area contributed by atoms with E-state index in [0.29, 0.717) is 17.9 Å². The van der Waals surface area contributed by atoms with Crippen molar-refractivity contribution in [2.45, 2.75) is 32.7 Å². The number of rotatable bonds is 3. The monoisotopic (exact) mass is 184 g/mol. The molecule has 0 aromatic heterocycles. The molecule has 1 heterocycles. The van der Waals surface area contributed by atoms with Crippen molar-refractivity contribution >= 4 is 5.91 Å². The Balaban J connectivity index is 2.38. The maximum atomic E-state index is 11.6. The van der Waals surface area contributed by atoms with E-state index in [1.54, 1.807) is 0 Å². The van der Waals surface area contributed by atoms with Gasteiger partial charge in [0.25, 0.3) is 0 Å². The average Bonchev–Trinajstić information content (AvgIpc) is 2.09. The number of hydrogen-bond donors (Lipinski definition) is 1. The Labute approximate surface area is 80.5 Å². The van der Waals surface area contributed by atoms with Gasteiger partial charge >= 0.3 is 0 Å². The lowest BCUT2D eigenvalue weighted by molar-refractivity contribution is -0.135. The zero-order chi connectivity index (χ0) is 9.84. The Morgan fingerprint density at radius 1 is 1.69 bits per heavy atom. The molecule has 0 saturated carbocycles. The van der Waals surface area contributed by atoms with Gasteiger partial charge in [-0.05, 0) is 26.3 Å². The highest BCUT2D eigenvalue weighted by Gasteiger charge is 2.23. The summed E-state index contributed by atoms with van der Waals surface area (Å²) in [5.74, 6) is 0.898. The molecule has 1 saturated heterocycles. The van der Waals surface area contributed by atoms with E-state index in [-0.39, 0.29) is 0 Å². The van der Waals surface area contributed by atoms with E-state index in [0.717, 1.165) is 25.9 Å². The van der Waals surface area contributed by atoms with Crippen molar-refractivity contribution < 1.29 is 4.79 Å². The maximum Gasteiger partial charge on any atom is 0.222 e. The van der Waals surface area contributed by atoms with Gasteiger partial charge in [-0.3, -0.25) is 4.79 Å². The first-order chi connectivity index (χ1) is 6.13. The van der Waals surface area contributed by atoms with Gasteiger partial charge in [0.1, 0.15) is 0 Å². The number of hydrogen-bond acceptors (Lipinski definition) is 2. The number of amides is 1. The van der Waals surface area contributed by atoms with Gasteiger partial charge in [-0.1, -0.05) is 6.92 Å². The highest BCUT2D eigenvalue weighted by molar-refractivity contribution is 5.77. The van der Waals surface area contributed by atoms with Crippen molar-refractivity contribution in [3.8, 4) is 0 Å². The molecular formula is C10H20N2O. The highest BCUT2D eigenvalue weighted by atomic mass is 16.2. The largest absolute Gasteiger partial charge is 0.341 e. The highest BCUT2D eigenvalue weighted by Crippen LogP contribution is 2.17. The van der Waals surface area contributed by atoms with Crippen molar-refractivity contribution in [3.63, 3.8) is 0 Å². The Morgan fingerprint density at radius 3 is 2.92 bits per heavy atom. The molecule has 1 aliphatic rings. The topological polar surface area (TPSA) is 32.3 Å². The fraction of sp³-hybridized carbons (Fsp3) is 0.900. The van der Waals surface area contributed by atoms with Crippen LogP contribution in [0, 0.1) is 5.92 Å².